The third kappa shape index (κ3) is 5.57. The lowest BCUT2D eigenvalue weighted by Gasteiger charge is -2.20. The quantitative estimate of drug-likeness (QED) is 0.532. The predicted octanol–water partition coefficient (Wildman–Crippen LogP) is -1.16. The second-order valence-electron chi connectivity index (χ2n) is 2.47. The summed E-state index contributed by atoms with van der Waals surface area (Å²) in [5.74, 6) is -0.204. The molecule has 0 saturated heterocycles. The summed E-state index contributed by atoms with van der Waals surface area (Å²) in [6.07, 6.45) is 0. The molecule has 2 N–H and O–H groups in total. The molecule has 0 aromatic rings. The highest BCUT2D eigenvalue weighted by Crippen LogP contribution is 1.90. The summed E-state index contributed by atoms with van der Waals surface area (Å²) in [7, 11) is 0. The van der Waals surface area contributed by atoms with Gasteiger partial charge in [-0.3, -0.25) is 4.79 Å². The molecule has 0 bridgehead atoms. The van der Waals surface area contributed by atoms with Crippen molar-refractivity contribution in [3.05, 3.63) is 0 Å². The van der Waals surface area contributed by atoms with Crippen LogP contribution >= 0.6 is 0 Å². The maximum Gasteiger partial charge on any atom is 0.248 e. The molecule has 0 rings (SSSR count). The van der Waals surface area contributed by atoms with Crippen molar-refractivity contribution < 1.29 is 19.7 Å². The van der Waals surface area contributed by atoms with Gasteiger partial charge in [0.25, 0.3) is 0 Å². The number of rotatable bonds is 7. The van der Waals surface area contributed by atoms with Crippen LogP contribution in [0.15, 0.2) is 0 Å². The lowest BCUT2D eigenvalue weighted by atomic mass is 10.4. The number of aliphatic hydroxyl groups excluding tert-OH is 2. The zero-order valence-electron chi connectivity index (χ0n) is 7.90. The minimum atomic E-state index is -0.204. The molecule has 78 valence electrons. The van der Waals surface area contributed by atoms with Crippen molar-refractivity contribution in [2.24, 2.45) is 0 Å². The van der Waals surface area contributed by atoms with Crippen molar-refractivity contribution in [3.8, 4) is 0 Å². The number of nitrogens with zero attached hydrogens (tertiary/aromatic N) is 1. The second-order valence-corrected chi connectivity index (χ2v) is 2.47. The summed E-state index contributed by atoms with van der Waals surface area (Å²) < 4.78 is 4.91. The van der Waals surface area contributed by atoms with E-state index >= 15 is 0 Å². The summed E-state index contributed by atoms with van der Waals surface area (Å²) in [4.78, 5) is 12.6. The van der Waals surface area contributed by atoms with Crippen LogP contribution in [0.1, 0.15) is 6.92 Å². The molecule has 0 aromatic heterocycles. The van der Waals surface area contributed by atoms with Gasteiger partial charge in [-0.15, -0.1) is 0 Å². The van der Waals surface area contributed by atoms with Gasteiger partial charge >= 0.3 is 0 Å². The Morgan fingerprint density at radius 3 is 2.23 bits per heavy atom. The van der Waals surface area contributed by atoms with Gasteiger partial charge < -0.3 is 19.8 Å². The van der Waals surface area contributed by atoms with Crippen molar-refractivity contribution in [3.63, 3.8) is 0 Å². The predicted molar refractivity (Wildman–Crippen MR) is 47.2 cm³/mol. The van der Waals surface area contributed by atoms with Crippen LogP contribution < -0.4 is 0 Å². The molecule has 1 amide bonds. The largest absolute Gasteiger partial charge is 0.395 e. The standard InChI is InChI=1S/C8H17NO4/c1-2-13-7-8(12)9(3-5-10)4-6-11/h10-11H,2-7H2,1H3. The lowest BCUT2D eigenvalue weighted by Crippen LogP contribution is -2.38. The number of ether oxygens (including phenoxy) is 1. The van der Waals surface area contributed by atoms with E-state index in [1.807, 2.05) is 0 Å². The Kier molecular flexibility index (Phi) is 7.57. The Hall–Kier alpha value is -0.650. The molecule has 0 atom stereocenters. The highest BCUT2D eigenvalue weighted by molar-refractivity contribution is 5.77. The van der Waals surface area contributed by atoms with E-state index in [4.69, 9.17) is 14.9 Å². The SMILES string of the molecule is CCOCC(=O)N(CCO)CCO. The normalized spacial score (nSPS) is 10.1. The number of aliphatic hydroxyl groups is 2. The molecule has 0 aliphatic rings. The smallest absolute Gasteiger partial charge is 0.248 e. The molecule has 0 saturated carbocycles. The first-order valence-electron chi connectivity index (χ1n) is 4.33. The van der Waals surface area contributed by atoms with Crippen molar-refractivity contribution in [2.75, 3.05) is 39.5 Å². The Morgan fingerprint density at radius 2 is 1.85 bits per heavy atom. The third-order valence-corrected chi connectivity index (χ3v) is 1.52. The molecule has 0 radical (unpaired) electrons. The number of amides is 1. The maximum atomic E-state index is 11.3. The van der Waals surface area contributed by atoms with Crippen LogP contribution in [-0.4, -0.2) is 60.5 Å². The van der Waals surface area contributed by atoms with Crippen LogP contribution in [0, 0.1) is 0 Å². The summed E-state index contributed by atoms with van der Waals surface area (Å²) in [6, 6.07) is 0. The number of carbonyl (C=O) groups excluding carboxylic acids is 1. The Labute approximate surface area is 77.9 Å². The first-order valence-corrected chi connectivity index (χ1v) is 4.33. The maximum absolute atomic E-state index is 11.3. The third-order valence-electron chi connectivity index (χ3n) is 1.52. The van der Waals surface area contributed by atoms with Crippen molar-refractivity contribution in [1.29, 1.82) is 0 Å². The van der Waals surface area contributed by atoms with Gasteiger partial charge in [-0.25, -0.2) is 0 Å². The van der Waals surface area contributed by atoms with E-state index in [-0.39, 0.29) is 38.8 Å². The Morgan fingerprint density at radius 1 is 1.31 bits per heavy atom. The molecule has 0 aromatic carbocycles. The van der Waals surface area contributed by atoms with E-state index < -0.39 is 0 Å². The molecule has 0 spiro atoms. The van der Waals surface area contributed by atoms with Gasteiger partial charge in [-0.1, -0.05) is 0 Å². The highest BCUT2D eigenvalue weighted by Gasteiger charge is 2.11. The van der Waals surface area contributed by atoms with Gasteiger partial charge in [0.2, 0.25) is 5.91 Å². The molecule has 5 nitrogen and oxygen atoms in total. The van der Waals surface area contributed by atoms with Crippen molar-refractivity contribution in [1.82, 2.24) is 4.90 Å². The van der Waals surface area contributed by atoms with Gasteiger partial charge in [-0.05, 0) is 6.92 Å². The minimum Gasteiger partial charge on any atom is -0.395 e. The van der Waals surface area contributed by atoms with E-state index in [2.05, 4.69) is 0 Å². The Balaban J connectivity index is 3.80. The van der Waals surface area contributed by atoms with Crippen LogP contribution in [-0.2, 0) is 9.53 Å². The zero-order valence-corrected chi connectivity index (χ0v) is 7.90. The lowest BCUT2D eigenvalue weighted by molar-refractivity contribution is -0.137. The summed E-state index contributed by atoms with van der Waals surface area (Å²) >= 11 is 0. The van der Waals surface area contributed by atoms with Crippen LogP contribution in [0.4, 0.5) is 0 Å². The van der Waals surface area contributed by atoms with Gasteiger partial charge in [-0.2, -0.15) is 0 Å². The average molecular weight is 191 g/mol. The summed E-state index contributed by atoms with van der Waals surface area (Å²) in [5.41, 5.74) is 0. The first kappa shape index (κ1) is 12.3. The van der Waals surface area contributed by atoms with Gasteiger partial charge in [0.05, 0.1) is 13.2 Å². The Bertz CT molecular complexity index is 134. The van der Waals surface area contributed by atoms with Gasteiger partial charge in [0.15, 0.2) is 0 Å². The molecular weight excluding hydrogens is 174 g/mol. The topological polar surface area (TPSA) is 70.0 Å². The molecule has 0 aliphatic carbocycles. The van der Waals surface area contributed by atoms with E-state index in [1.165, 1.54) is 4.90 Å². The number of hydrogen-bond acceptors (Lipinski definition) is 4. The van der Waals surface area contributed by atoms with Crippen LogP contribution in [0.25, 0.3) is 0 Å². The van der Waals surface area contributed by atoms with Crippen molar-refractivity contribution >= 4 is 5.91 Å². The molecule has 0 heterocycles. The van der Waals surface area contributed by atoms with Crippen LogP contribution in [0.5, 0.6) is 0 Å². The molecule has 5 heteroatoms. The summed E-state index contributed by atoms with van der Waals surface area (Å²) in [6.45, 7) is 2.58. The van der Waals surface area contributed by atoms with Crippen LogP contribution in [0.3, 0.4) is 0 Å². The van der Waals surface area contributed by atoms with E-state index in [0.29, 0.717) is 6.61 Å². The fourth-order valence-corrected chi connectivity index (χ4v) is 0.883. The molecule has 13 heavy (non-hydrogen) atoms. The average Bonchev–Trinajstić information content (AvgIpc) is 2.14. The zero-order chi connectivity index (χ0) is 10.1. The summed E-state index contributed by atoms with van der Waals surface area (Å²) in [5, 5.41) is 17.2. The second kappa shape index (κ2) is 7.97. The van der Waals surface area contributed by atoms with Crippen LogP contribution in [0.2, 0.25) is 0 Å². The minimum absolute atomic E-state index is 0.0104. The van der Waals surface area contributed by atoms with Gasteiger partial charge in [0, 0.05) is 19.7 Å². The fraction of sp³-hybridized carbons (Fsp3) is 0.875. The van der Waals surface area contributed by atoms with E-state index in [1.54, 1.807) is 6.92 Å². The van der Waals surface area contributed by atoms with Gasteiger partial charge in [0.1, 0.15) is 6.61 Å². The molecule has 0 aliphatic heterocycles. The molecular formula is C8H17NO4. The number of carbonyl (C=O) groups is 1. The fourth-order valence-electron chi connectivity index (χ4n) is 0.883. The van der Waals surface area contributed by atoms with Crippen molar-refractivity contribution in [2.45, 2.75) is 6.92 Å². The van der Waals surface area contributed by atoms with E-state index in [0.717, 1.165) is 0 Å². The highest BCUT2D eigenvalue weighted by atomic mass is 16.5. The van der Waals surface area contributed by atoms with E-state index in [9.17, 15) is 4.79 Å². The molecule has 0 fully saturated rings. The first-order chi connectivity index (χ1) is 6.26. The molecule has 0 unspecified atom stereocenters. The number of hydrogen-bond donors (Lipinski definition) is 2. The monoisotopic (exact) mass is 191 g/mol.